The molecule has 0 aliphatic carbocycles. The summed E-state index contributed by atoms with van der Waals surface area (Å²) in [6, 6.07) is 10.6. The van der Waals surface area contributed by atoms with Gasteiger partial charge in [-0.2, -0.15) is 5.10 Å². The van der Waals surface area contributed by atoms with Crippen LogP contribution in [0.25, 0.3) is 11.3 Å². The number of hydrogen-bond acceptors (Lipinski definition) is 1. The Hall–Kier alpha value is -1.57. The molecule has 1 aromatic carbocycles. The van der Waals surface area contributed by atoms with Crippen LogP contribution in [0.15, 0.2) is 36.5 Å². The van der Waals surface area contributed by atoms with Gasteiger partial charge in [0.2, 0.25) is 0 Å². The van der Waals surface area contributed by atoms with E-state index in [4.69, 9.17) is 5.10 Å². The van der Waals surface area contributed by atoms with E-state index in [1.165, 1.54) is 17.5 Å². The average Bonchev–Trinajstić information content (AvgIpc) is 2.78. The number of benzene rings is 1. The van der Waals surface area contributed by atoms with E-state index in [0.717, 1.165) is 12.1 Å². The van der Waals surface area contributed by atoms with Crippen LogP contribution in [0.1, 0.15) is 39.2 Å². The lowest BCUT2D eigenvalue weighted by Gasteiger charge is -2.24. The molecule has 0 saturated carbocycles. The Balaban J connectivity index is 2.31. The molecular formula is C16H22N2. The lowest BCUT2D eigenvalue weighted by Crippen LogP contribution is -2.26. The minimum atomic E-state index is 0.0941. The van der Waals surface area contributed by atoms with Crippen molar-refractivity contribution in [3.8, 4) is 11.3 Å². The largest absolute Gasteiger partial charge is 0.267 e. The lowest BCUT2D eigenvalue weighted by molar-refractivity contribution is 0.293. The molecule has 2 heteroatoms. The third-order valence-corrected chi connectivity index (χ3v) is 3.38. The Labute approximate surface area is 110 Å². The smallest absolute Gasteiger partial charge is 0.0923 e. The second-order valence-corrected chi connectivity index (χ2v) is 5.58. The molecule has 0 radical (unpaired) electrons. The topological polar surface area (TPSA) is 17.8 Å². The van der Waals surface area contributed by atoms with Crippen molar-refractivity contribution in [2.45, 2.75) is 46.1 Å². The molecule has 0 N–H and O–H groups in total. The molecule has 1 aromatic heterocycles. The fraction of sp³-hybridized carbons (Fsp3) is 0.438. The van der Waals surface area contributed by atoms with Crippen molar-refractivity contribution in [2.75, 3.05) is 0 Å². The van der Waals surface area contributed by atoms with E-state index >= 15 is 0 Å². The minimum absolute atomic E-state index is 0.0941. The quantitative estimate of drug-likeness (QED) is 0.777. The van der Waals surface area contributed by atoms with Gasteiger partial charge in [0.1, 0.15) is 0 Å². The molecule has 0 bridgehead atoms. The third kappa shape index (κ3) is 2.63. The molecule has 0 saturated heterocycles. The van der Waals surface area contributed by atoms with Crippen molar-refractivity contribution in [1.82, 2.24) is 9.78 Å². The summed E-state index contributed by atoms with van der Waals surface area (Å²) in [5.41, 5.74) is 3.62. The molecule has 2 aromatic rings. The predicted octanol–water partition coefficient (Wildman–Crippen LogP) is 4.39. The van der Waals surface area contributed by atoms with Crippen LogP contribution in [-0.2, 0) is 5.54 Å². The zero-order valence-corrected chi connectivity index (χ0v) is 11.8. The summed E-state index contributed by atoms with van der Waals surface area (Å²) in [5, 5.41) is 4.73. The van der Waals surface area contributed by atoms with Gasteiger partial charge in [-0.1, -0.05) is 37.1 Å². The van der Waals surface area contributed by atoms with Crippen molar-refractivity contribution in [3.63, 3.8) is 0 Å². The van der Waals surface area contributed by atoms with Gasteiger partial charge < -0.3 is 0 Å². The van der Waals surface area contributed by atoms with E-state index in [1.807, 2.05) is 0 Å². The maximum Gasteiger partial charge on any atom is 0.0923 e. The Morgan fingerprint density at radius 3 is 2.67 bits per heavy atom. The van der Waals surface area contributed by atoms with Crippen LogP contribution in [0.2, 0.25) is 0 Å². The first kappa shape index (κ1) is 12.9. The van der Waals surface area contributed by atoms with Crippen LogP contribution < -0.4 is 0 Å². The highest BCUT2D eigenvalue weighted by molar-refractivity contribution is 5.59. The van der Waals surface area contributed by atoms with E-state index in [0.29, 0.717) is 0 Å². The maximum atomic E-state index is 4.73. The number of rotatable bonds is 4. The van der Waals surface area contributed by atoms with Crippen molar-refractivity contribution in [3.05, 3.63) is 42.1 Å². The van der Waals surface area contributed by atoms with E-state index in [2.05, 4.69) is 68.9 Å². The molecule has 0 atom stereocenters. The Morgan fingerprint density at radius 1 is 1.22 bits per heavy atom. The van der Waals surface area contributed by atoms with E-state index in [9.17, 15) is 0 Å². The number of nitrogens with zero attached hydrogens (tertiary/aromatic N) is 2. The first-order chi connectivity index (χ1) is 8.53. The number of aryl methyl sites for hydroxylation is 1. The first-order valence-corrected chi connectivity index (χ1v) is 6.66. The van der Waals surface area contributed by atoms with Crippen LogP contribution >= 0.6 is 0 Å². The molecule has 1 heterocycles. The SMILES string of the molecule is CCCC(C)(C)n1ccc(-c2cccc(C)c2)n1. The predicted molar refractivity (Wildman–Crippen MR) is 76.6 cm³/mol. The van der Waals surface area contributed by atoms with E-state index in [-0.39, 0.29) is 5.54 Å². The van der Waals surface area contributed by atoms with Crippen LogP contribution in [0.4, 0.5) is 0 Å². The summed E-state index contributed by atoms with van der Waals surface area (Å²) < 4.78 is 2.09. The van der Waals surface area contributed by atoms with Gasteiger partial charge in [0.25, 0.3) is 0 Å². The molecule has 2 rings (SSSR count). The average molecular weight is 242 g/mol. The Morgan fingerprint density at radius 2 is 2.00 bits per heavy atom. The molecular weight excluding hydrogens is 220 g/mol. The zero-order chi connectivity index (χ0) is 13.2. The normalized spacial score (nSPS) is 11.8. The van der Waals surface area contributed by atoms with Gasteiger partial charge in [0, 0.05) is 11.8 Å². The molecule has 96 valence electrons. The van der Waals surface area contributed by atoms with Gasteiger partial charge in [-0.3, -0.25) is 4.68 Å². The van der Waals surface area contributed by atoms with Crippen molar-refractivity contribution in [1.29, 1.82) is 0 Å². The minimum Gasteiger partial charge on any atom is -0.267 e. The second kappa shape index (κ2) is 4.97. The number of hydrogen-bond donors (Lipinski definition) is 0. The van der Waals surface area contributed by atoms with E-state index in [1.54, 1.807) is 0 Å². The second-order valence-electron chi connectivity index (χ2n) is 5.58. The van der Waals surface area contributed by atoms with Gasteiger partial charge in [0.15, 0.2) is 0 Å². The maximum absolute atomic E-state index is 4.73. The third-order valence-electron chi connectivity index (χ3n) is 3.38. The van der Waals surface area contributed by atoms with Gasteiger partial charge in [0.05, 0.1) is 11.2 Å². The van der Waals surface area contributed by atoms with Gasteiger partial charge in [-0.15, -0.1) is 0 Å². The Bertz CT molecular complexity index is 523. The highest BCUT2D eigenvalue weighted by atomic mass is 15.3. The number of aromatic nitrogens is 2. The Kier molecular flexibility index (Phi) is 3.55. The summed E-state index contributed by atoms with van der Waals surface area (Å²) in [6.07, 6.45) is 4.40. The summed E-state index contributed by atoms with van der Waals surface area (Å²) in [6.45, 7) is 8.81. The van der Waals surface area contributed by atoms with Crippen molar-refractivity contribution >= 4 is 0 Å². The van der Waals surface area contributed by atoms with Gasteiger partial charge >= 0.3 is 0 Å². The van der Waals surface area contributed by atoms with Crippen molar-refractivity contribution < 1.29 is 0 Å². The van der Waals surface area contributed by atoms with Crippen LogP contribution in [0.5, 0.6) is 0 Å². The highest BCUT2D eigenvalue weighted by Crippen LogP contribution is 2.24. The molecule has 0 aliphatic rings. The molecule has 0 spiro atoms. The highest BCUT2D eigenvalue weighted by Gasteiger charge is 2.20. The molecule has 0 amide bonds. The summed E-state index contributed by atoms with van der Waals surface area (Å²) in [5.74, 6) is 0. The van der Waals surface area contributed by atoms with Gasteiger partial charge in [-0.25, -0.2) is 0 Å². The zero-order valence-electron chi connectivity index (χ0n) is 11.8. The molecule has 0 aliphatic heterocycles. The molecule has 0 fully saturated rings. The van der Waals surface area contributed by atoms with Crippen LogP contribution in [0, 0.1) is 6.92 Å². The monoisotopic (exact) mass is 242 g/mol. The summed E-state index contributed by atoms with van der Waals surface area (Å²) >= 11 is 0. The molecule has 0 unspecified atom stereocenters. The fourth-order valence-electron chi connectivity index (χ4n) is 2.35. The summed E-state index contributed by atoms with van der Waals surface area (Å²) in [4.78, 5) is 0. The van der Waals surface area contributed by atoms with E-state index < -0.39 is 0 Å². The lowest BCUT2D eigenvalue weighted by atomic mass is 10.00. The molecule has 2 nitrogen and oxygen atoms in total. The van der Waals surface area contributed by atoms with Crippen LogP contribution in [-0.4, -0.2) is 9.78 Å². The first-order valence-electron chi connectivity index (χ1n) is 6.66. The van der Waals surface area contributed by atoms with Gasteiger partial charge in [-0.05, 0) is 39.3 Å². The van der Waals surface area contributed by atoms with Crippen LogP contribution in [0.3, 0.4) is 0 Å². The van der Waals surface area contributed by atoms with Crippen molar-refractivity contribution in [2.24, 2.45) is 0 Å². The fourth-order valence-corrected chi connectivity index (χ4v) is 2.35. The molecule has 18 heavy (non-hydrogen) atoms. The standard InChI is InChI=1S/C16H22N2/c1-5-10-16(3,4)18-11-9-15(17-18)14-8-6-7-13(2)12-14/h6-9,11-12H,5,10H2,1-4H3. The summed E-state index contributed by atoms with van der Waals surface area (Å²) in [7, 11) is 0.